The zero-order valence-corrected chi connectivity index (χ0v) is 13.3. The standard InChI is InChI=1S/C16H21F2N3O2/c1-11(13-9-12(17)5-6-14(13)18)20(2)16(23)19-10-15(22)21-7-3-4-8-21/h5-6,9,11H,3-4,7-8,10H2,1-2H3,(H,19,23). The maximum absolute atomic E-state index is 13.8. The van der Waals surface area contributed by atoms with Gasteiger partial charge in [-0.3, -0.25) is 4.79 Å². The van der Waals surface area contributed by atoms with Crippen molar-refractivity contribution in [3.8, 4) is 0 Å². The van der Waals surface area contributed by atoms with Gasteiger partial charge in [-0.1, -0.05) is 0 Å². The second kappa shape index (κ2) is 7.39. The first-order valence-electron chi connectivity index (χ1n) is 7.63. The Labute approximate surface area is 134 Å². The molecule has 1 atom stereocenters. The van der Waals surface area contributed by atoms with Crippen molar-refractivity contribution in [2.24, 2.45) is 0 Å². The third-order valence-corrected chi connectivity index (χ3v) is 4.16. The first-order chi connectivity index (χ1) is 10.9. The molecule has 7 heteroatoms. The molecule has 0 spiro atoms. The molecule has 1 aliphatic heterocycles. The van der Waals surface area contributed by atoms with E-state index in [1.165, 1.54) is 11.9 Å². The van der Waals surface area contributed by atoms with Gasteiger partial charge in [0.05, 0.1) is 12.6 Å². The van der Waals surface area contributed by atoms with Crippen LogP contribution in [-0.2, 0) is 4.79 Å². The second-order valence-corrected chi connectivity index (χ2v) is 5.70. The number of amides is 3. The van der Waals surface area contributed by atoms with Crippen LogP contribution >= 0.6 is 0 Å². The third kappa shape index (κ3) is 4.18. The number of hydrogen-bond donors (Lipinski definition) is 1. The van der Waals surface area contributed by atoms with E-state index < -0.39 is 23.7 Å². The van der Waals surface area contributed by atoms with E-state index in [2.05, 4.69) is 5.32 Å². The molecule has 0 radical (unpaired) electrons. The minimum absolute atomic E-state index is 0.0912. The Morgan fingerprint density at radius 1 is 1.30 bits per heavy atom. The Bertz CT molecular complexity index is 589. The summed E-state index contributed by atoms with van der Waals surface area (Å²) < 4.78 is 27.0. The van der Waals surface area contributed by atoms with Crippen LogP contribution in [0.15, 0.2) is 18.2 Å². The number of rotatable bonds is 4. The highest BCUT2D eigenvalue weighted by Crippen LogP contribution is 2.22. The SMILES string of the molecule is CC(c1cc(F)ccc1F)N(C)C(=O)NCC(=O)N1CCCC1. The van der Waals surface area contributed by atoms with Gasteiger partial charge in [0, 0.05) is 25.7 Å². The molecule has 23 heavy (non-hydrogen) atoms. The smallest absolute Gasteiger partial charge is 0.318 e. The van der Waals surface area contributed by atoms with Gasteiger partial charge < -0.3 is 15.1 Å². The molecular weight excluding hydrogens is 304 g/mol. The number of benzene rings is 1. The van der Waals surface area contributed by atoms with E-state index in [-0.39, 0.29) is 18.0 Å². The molecule has 1 saturated heterocycles. The molecule has 0 aliphatic carbocycles. The molecule has 0 aromatic heterocycles. The lowest BCUT2D eigenvalue weighted by molar-refractivity contribution is -0.129. The lowest BCUT2D eigenvalue weighted by atomic mass is 10.1. The molecule has 1 aromatic rings. The summed E-state index contributed by atoms with van der Waals surface area (Å²) in [6, 6.07) is 1.96. The Morgan fingerprint density at radius 3 is 2.61 bits per heavy atom. The van der Waals surface area contributed by atoms with Gasteiger partial charge in [-0.15, -0.1) is 0 Å². The fourth-order valence-corrected chi connectivity index (χ4v) is 2.57. The van der Waals surface area contributed by atoms with Gasteiger partial charge in [0.1, 0.15) is 11.6 Å². The summed E-state index contributed by atoms with van der Waals surface area (Å²) in [7, 11) is 1.48. The Balaban J connectivity index is 1.93. The van der Waals surface area contributed by atoms with Crippen LogP contribution in [0.25, 0.3) is 0 Å². The third-order valence-electron chi connectivity index (χ3n) is 4.16. The Hall–Kier alpha value is -2.18. The fraction of sp³-hybridized carbons (Fsp3) is 0.500. The topological polar surface area (TPSA) is 52.7 Å². The highest BCUT2D eigenvalue weighted by Gasteiger charge is 2.23. The van der Waals surface area contributed by atoms with E-state index in [9.17, 15) is 18.4 Å². The van der Waals surface area contributed by atoms with Crippen molar-refractivity contribution in [2.45, 2.75) is 25.8 Å². The maximum atomic E-state index is 13.8. The van der Waals surface area contributed by atoms with Gasteiger partial charge in [0.25, 0.3) is 0 Å². The Morgan fingerprint density at radius 2 is 1.96 bits per heavy atom. The molecule has 3 amide bonds. The number of halogens is 2. The summed E-state index contributed by atoms with van der Waals surface area (Å²) in [4.78, 5) is 26.9. The van der Waals surface area contributed by atoms with Gasteiger partial charge >= 0.3 is 6.03 Å². The number of carbonyl (C=O) groups is 2. The molecule has 1 aromatic carbocycles. The molecule has 0 bridgehead atoms. The normalized spacial score (nSPS) is 15.4. The van der Waals surface area contributed by atoms with Crippen molar-refractivity contribution >= 4 is 11.9 Å². The Kier molecular flexibility index (Phi) is 5.52. The van der Waals surface area contributed by atoms with Gasteiger partial charge in [0.2, 0.25) is 5.91 Å². The molecule has 126 valence electrons. The predicted molar refractivity (Wildman–Crippen MR) is 81.7 cm³/mol. The van der Waals surface area contributed by atoms with Gasteiger partial charge in [-0.2, -0.15) is 0 Å². The molecule has 1 N–H and O–H groups in total. The lowest BCUT2D eigenvalue weighted by Gasteiger charge is -2.26. The zero-order valence-electron chi connectivity index (χ0n) is 13.3. The molecule has 5 nitrogen and oxygen atoms in total. The largest absolute Gasteiger partial charge is 0.341 e. The van der Waals surface area contributed by atoms with Crippen molar-refractivity contribution < 1.29 is 18.4 Å². The van der Waals surface area contributed by atoms with Crippen LogP contribution in [0.2, 0.25) is 0 Å². The van der Waals surface area contributed by atoms with Crippen molar-refractivity contribution in [1.29, 1.82) is 0 Å². The minimum atomic E-state index is -0.660. The van der Waals surface area contributed by atoms with Crippen molar-refractivity contribution in [3.63, 3.8) is 0 Å². The molecule has 1 aliphatic rings. The summed E-state index contributed by atoms with van der Waals surface area (Å²) in [6.07, 6.45) is 1.96. The van der Waals surface area contributed by atoms with Crippen LogP contribution in [0, 0.1) is 11.6 Å². The van der Waals surface area contributed by atoms with Crippen LogP contribution < -0.4 is 5.32 Å². The van der Waals surface area contributed by atoms with Gasteiger partial charge in [0.15, 0.2) is 0 Å². The average Bonchev–Trinajstić information content (AvgIpc) is 3.07. The lowest BCUT2D eigenvalue weighted by Crippen LogP contribution is -2.44. The highest BCUT2D eigenvalue weighted by molar-refractivity contribution is 5.84. The monoisotopic (exact) mass is 325 g/mol. The van der Waals surface area contributed by atoms with E-state index in [1.807, 2.05) is 0 Å². The van der Waals surface area contributed by atoms with Crippen LogP contribution in [0.5, 0.6) is 0 Å². The molecule has 2 rings (SSSR count). The van der Waals surface area contributed by atoms with E-state index in [4.69, 9.17) is 0 Å². The van der Waals surface area contributed by atoms with Crippen LogP contribution in [0.4, 0.5) is 13.6 Å². The summed E-state index contributed by atoms with van der Waals surface area (Å²) in [5.41, 5.74) is 0.0912. The van der Waals surface area contributed by atoms with Crippen molar-refractivity contribution in [2.75, 3.05) is 26.7 Å². The van der Waals surface area contributed by atoms with Crippen LogP contribution in [0.1, 0.15) is 31.4 Å². The number of hydrogen-bond acceptors (Lipinski definition) is 2. The first-order valence-corrected chi connectivity index (χ1v) is 7.63. The van der Waals surface area contributed by atoms with Crippen molar-refractivity contribution in [3.05, 3.63) is 35.4 Å². The number of likely N-dealkylation sites (tertiary alicyclic amines) is 1. The van der Waals surface area contributed by atoms with Crippen molar-refractivity contribution in [1.82, 2.24) is 15.1 Å². The summed E-state index contributed by atoms with van der Waals surface area (Å²) in [6.45, 7) is 2.94. The quantitative estimate of drug-likeness (QED) is 0.923. The summed E-state index contributed by atoms with van der Waals surface area (Å²) >= 11 is 0. The van der Waals surface area contributed by atoms with E-state index in [0.717, 1.165) is 44.1 Å². The number of nitrogens with one attached hydrogen (secondary N) is 1. The molecule has 1 heterocycles. The maximum Gasteiger partial charge on any atom is 0.318 e. The van der Waals surface area contributed by atoms with Crippen LogP contribution in [-0.4, -0.2) is 48.4 Å². The first kappa shape index (κ1) is 17.2. The number of urea groups is 1. The molecule has 1 unspecified atom stereocenters. The highest BCUT2D eigenvalue weighted by atomic mass is 19.1. The minimum Gasteiger partial charge on any atom is -0.341 e. The fourth-order valence-electron chi connectivity index (χ4n) is 2.57. The predicted octanol–water partition coefficient (Wildman–Crippen LogP) is 2.29. The molecule has 1 fully saturated rings. The summed E-state index contributed by atoms with van der Waals surface area (Å²) in [5.74, 6) is -1.27. The second-order valence-electron chi connectivity index (χ2n) is 5.70. The van der Waals surface area contributed by atoms with Crippen LogP contribution in [0.3, 0.4) is 0 Å². The molecule has 0 saturated carbocycles. The molecular formula is C16H21F2N3O2. The average molecular weight is 325 g/mol. The zero-order chi connectivity index (χ0) is 17.0. The van der Waals surface area contributed by atoms with Gasteiger partial charge in [-0.05, 0) is 38.0 Å². The number of nitrogens with zero attached hydrogens (tertiary/aromatic N) is 2. The number of carbonyl (C=O) groups excluding carboxylic acids is 2. The van der Waals surface area contributed by atoms with E-state index >= 15 is 0 Å². The van der Waals surface area contributed by atoms with E-state index in [1.54, 1.807) is 11.8 Å². The van der Waals surface area contributed by atoms with E-state index in [0.29, 0.717) is 0 Å². The summed E-state index contributed by atoms with van der Waals surface area (Å²) in [5, 5.41) is 2.52. The van der Waals surface area contributed by atoms with Gasteiger partial charge in [-0.25, -0.2) is 13.6 Å².